The molecule has 1 aliphatic rings. The second-order valence-corrected chi connectivity index (χ2v) is 2.91. The van der Waals surface area contributed by atoms with Crippen molar-refractivity contribution in [2.45, 2.75) is 26.7 Å². The summed E-state index contributed by atoms with van der Waals surface area (Å²) in [5.74, 6) is 0. The minimum Gasteiger partial charge on any atom is -0.0730 e. The van der Waals surface area contributed by atoms with E-state index < -0.39 is 0 Å². The van der Waals surface area contributed by atoms with Crippen LogP contribution < -0.4 is 0 Å². The average molecular weight is 134 g/mol. The van der Waals surface area contributed by atoms with E-state index in [0.29, 0.717) is 0 Å². The summed E-state index contributed by atoms with van der Waals surface area (Å²) in [5.41, 5.74) is 2.95. The van der Waals surface area contributed by atoms with Gasteiger partial charge in [0, 0.05) is 0 Å². The van der Waals surface area contributed by atoms with Crippen LogP contribution in [0.5, 0.6) is 0 Å². The van der Waals surface area contributed by atoms with Crippen LogP contribution in [0.2, 0.25) is 0 Å². The van der Waals surface area contributed by atoms with Gasteiger partial charge in [-0.3, -0.25) is 0 Å². The van der Waals surface area contributed by atoms with Gasteiger partial charge in [-0.25, -0.2) is 0 Å². The molecule has 0 unspecified atom stereocenters. The number of allylic oxidation sites excluding steroid dienone is 6. The molecule has 1 aliphatic carbocycles. The van der Waals surface area contributed by atoms with Crippen LogP contribution >= 0.6 is 0 Å². The highest BCUT2D eigenvalue weighted by Crippen LogP contribution is 2.12. The van der Waals surface area contributed by atoms with Gasteiger partial charge in [0.05, 0.1) is 0 Å². The summed E-state index contributed by atoms with van der Waals surface area (Å²) >= 11 is 0. The van der Waals surface area contributed by atoms with Gasteiger partial charge in [-0.15, -0.1) is 0 Å². The van der Waals surface area contributed by atoms with Crippen LogP contribution in [-0.4, -0.2) is 0 Å². The van der Waals surface area contributed by atoms with Crippen molar-refractivity contribution in [1.29, 1.82) is 0 Å². The Morgan fingerprint density at radius 3 is 1.70 bits per heavy atom. The van der Waals surface area contributed by atoms with Crippen LogP contribution in [0.1, 0.15) is 26.7 Å². The molecule has 0 saturated carbocycles. The van der Waals surface area contributed by atoms with Crippen LogP contribution in [0.4, 0.5) is 0 Å². The van der Waals surface area contributed by atoms with Gasteiger partial charge in [0.2, 0.25) is 0 Å². The first kappa shape index (κ1) is 7.33. The highest BCUT2D eigenvalue weighted by Gasteiger charge is 1.92. The Morgan fingerprint density at radius 1 is 0.900 bits per heavy atom. The van der Waals surface area contributed by atoms with Crippen LogP contribution in [0, 0.1) is 0 Å². The Bertz CT molecular complexity index is 170. The Hall–Kier alpha value is -0.780. The Labute approximate surface area is 62.9 Å². The molecule has 0 bridgehead atoms. The highest BCUT2D eigenvalue weighted by atomic mass is 14.0. The molecule has 0 amide bonds. The van der Waals surface area contributed by atoms with Gasteiger partial charge < -0.3 is 0 Å². The molecule has 0 spiro atoms. The lowest BCUT2D eigenvalue weighted by Gasteiger charge is -2.02. The molecule has 10 heavy (non-hydrogen) atoms. The summed E-state index contributed by atoms with van der Waals surface area (Å²) in [4.78, 5) is 0. The van der Waals surface area contributed by atoms with Crippen molar-refractivity contribution < 1.29 is 0 Å². The van der Waals surface area contributed by atoms with Gasteiger partial charge in [0.25, 0.3) is 0 Å². The first-order chi connectivity index (χ1) is 4.79. The molecule has 54 valence electrons. The molecular weight excluding hydrogens is 120 g/mol. The molecule has 0 heterocycles. The van der Waals surface area contributed by atoms with Crippen molar-refractivity contribution in [3.63, 3.8) is 0 Å². The van der Waals surface area contributed by atoms with Crippen molar-refractivity contribution in [2.24, 2.45) is 0 Å². The predicted octanol–water partition coefficient (Wildman–Crippen LogP) is 3.23. The van der Waals surface area contributed by atoms with Crippen LogP contribution in [-0.2, 0) is 0 Å². The van der Waals surface area contributed by atoms with Gasteiger partial charge in [-0.05, 0) is 26.7 Å². The minimum absolute atomic E-state index is 1.21. The lowest BCUT2D eigenvalue weighted by atomic mass is 10.0. The SMILES string of the molecule is C/C1=C/C=C\C=C(\C)CC1. The quantitative estimate of drug-likeness (QED) is 0.477. The van der Waals surface area contributed by atoms with E-state index in [1.165, 1.54) is 24.0 Å². The highest BCUT2D eigenvalue weighted by molar-refractivity contribution is 5.21. The Balaban J connectivity index is 2.69. The van der Waals surface area contributed by atoms with E-state index in [9.17, 15) is 0 Å². The van der Waals surface area contributed by atoms with Gasteiger partial charge in [-0.2, -0.15) is 0 Å². The van der Waals surface area contributed by atoms with Crippen LogP contribution in [0.25, 0.3) is 0 Å². The van der Waals surface area contributed by atoms with Gasteiger partial charge in [0.15, 0.2) is 0 Å². The van der Waals surface area contributed by atoms with E-state index >= 15 is 0 Å². The van der Waals surface area contributed by atoms with E-state index in [0.717, 1.165) is 0 Å². The zero-order valence-corrected chi connectivity index (χ0v) is 6.72. The predicted molar refractivity (Wildman–Crippen MR) is 45.9 cm³/mol. The molecule has 0 atom stereocenters. The summed E-state index contributed by atoms with van der Waals surface area (Å²) in [7, 11) is 0. The van der Waals surface area contributed by atoms with E-state index in [4.69, 9.17) is 0 Å². The average Bonchev–Trinajstić information content (AvgIpc) is 1.90. The molecule has 0 aromatic rings. The Kier molecular flexibility index (Phi) is 2.49. The van der Waals surface area contributed by atoms with E-state index in [2.05, 4.69) is 38.2 Å². The van der Waals surface area contributed by atoms with Crippen molar-refractivity contribution in [1.82, 2.24) is 0 Å². The van der Waals surface area contributed by atoms with Crippen molar-refractivity contribution in [2.75, 3.05) is 0 Å². The number of hydrogen-bond donors (Lipinski definition) is 0. The fraction of sp³-hybridized carbons (Fsp3) is 0.400. The summed E-state index contributed by atoms with van der Waals surface area (Å²) in [6.07, 6.45) is 11.0. The molecule has 0 radical (unpaired) electrons. The topological polar surface area (TPSA) is 0 Å². The summed E-state index contributed by atoms with van der Waals surface area (Å²) < 4.78 is 0. The largest absolute Gasteiger partial charge is 0.0730 e. The van der Waals surface area contributed by atoms with E-state index in [1.54, 1.807) is 0 Å². The Morgan fingerprint density at radius 2 is 1.30 bits per heavy atom. The monoisotopic (exact) mass is 134 g/mol. The third kappa shape index (κ3) is 2.22. The maximum Gasteiger partial charge on any atom is -0.0283 e. The molecule has 0 aromatic heterocycles. The van der Waals surface area contributed by atoms with Gasteiger partial charge in [-0.1, -0.05) is 35.5 Å². The smallest absolute Gasteiger partial charge is 0.0283 e. The summed E-state index contributed by atoms with van der Waals surface area (Å²) in [5, 5.41) is 0. The van der Waals surface area contributed by atoms with Gasteiger partial charge in [0.1, 0.15) is 0 Å². The third-order valence-electron chi connectivity index (χ3n) is 1.79. The van der Waals surface area contributed by atoms with Crippen LogP contribution in [0.15, 0.2) is 35.5 Å². The fourth-order valence-corrected chi connectivity index (χ4v) is 1.00. The maximum atomic E-state index is 2.18. The molecule has 0 fully saturated rings. The van der Waals surface area contributed by atoms with Crippen LogP contribution in [0.3, 0.4) is 0 Å². The molecule has 1 rings (SSSR count). The lowest BCUT2D eigenvalue weighted by Crippen LogP contribution is -1.82. The zero-order valence-electron chi connectivity index (χ0n) is 6.72. The van der Waals surface area contributed by atoms with E-state index in [-0.39, 0.29) is 0 Å². The van der Waals surface area contributed by atoms with Crippen molar-refractivity contribution >= 4 is 0 Å². The fourth-order valence-electron chi connectivity index (χ4n) is 1.00. The zero-order chi connectivity index (χ0) is 7.40. The third-order valence-corrected chi connectivity index (χ3v) is 1.79. The first-order valence-electron chi connectivity index (χ1n) is 3.78. The number of hydrogen-bond acceptors (Lipinski definition) is 0. The molecule has 0 N–H and O–H groups in total. The molecule has 0 aromatic carbocycles. The molecule has 0 aliphatic heterocycles. The lowest BCUT2D eigenvalue weighted by molar-refractivity contribution is 0.922. The van der Waals surface area contributed by atoms with Crippen molar-refractivity contribution in [3.8, 4) is 0 Å². The van der Waals surface area contributed by atoms with E-state index in [1.807, 2.05) is 0 Å². The maximum absolute atomic E-state index is 2.18. The first-order valence-corrected chi connectivity index (χ1v) is 3.78. The second kappa shape index (κ2) is 3.40. The molecule has 0 saturated heterocycles. The normalized spacial score (nSPS) is 32.6. The number of rotatable bonds is 0. The standard InChI is InChI=1S/C10H14/c1-9-5-3-4-6-10(2)8-7-9/h3-6H,7-8H2,1-2H3/b4-3-,9-5-,10-6-. The molecule has 0 nitrogen and oxygen atoms in total. The van der Waals surface area contributed by atoms with Gasteiger partial charge >= 0.3 is 0 Å². The summed E-state index contributed by atoms with van der Waals surface area (Å²) in [6, 6.07) is 0. The summed E-state index contributed by atoms with van der Waals surface area (Å²) in [6.45, 7) is 4.37. The minimum atomic E-state index is 1.21. The second-order valence-electron chi connectivity index (χ2n) is 2.91. The molecule has 0 heteroatoms. The molecular formula is C10H14. The van der Waals surface area contributed by atoms with Crippen molar-refractivity contribution in [3.05, 3.63) is 35.5 Å².